The smallest absolute Gasteiger partial charge is 0.281 e. The van der Waals surface area contributed by atoms with Gasteiger partial charge in [-0.15, -0.1) is 5.10 Å². The van der Waals surface area contributed by atoms with Crippen LogP contribution in [-0.4, -0.2) is 29.9 Å². The lowest BCUT2D eigenvalue weighted by molar-refractivity contribution is 0.664. The van der Waals surface area contributed by atoms with Crippen molar-refractivity contribution >= 4 is 11.2 Å². The van der Waals surface area contributed by atoms with Gasteiger partial charge in [-0.3, -0.25) is 9.78 Å². The first-order valence-electron chi connectivity index (χ1n) is 7.09. The molecule has 0 atom stereocenters. The predicted molar refractivity (Wildman–Crippen MR) is 84.7 cm³/mol. The highest BCUT2D eigenvalue weighted by atomic mass is 16.1. The van der Waals surface area contributed by atoms with Crippen LogP contribution in [-0.2, 0) is 6.54 Å². The van der Waals surface area contributed by atoms with E-state index in [1.165, 1.54) is 0 Å². The second-order valence-corrected chi connectivity index (χ2v) is 5.06. The summed E-state index contributed by atoms with van der Waals surface area (Å²) >= 11 is 0. The third kappa shape index (κ3) is 2.48. The van der Waals surface area contributed by atoms with E-state index in [1.807, 2.05) is 30.3 Å². The van der Waals surface area contributed by atoms with Gasteiger partial charge in [-0.1, -0.05) is 35.5 Å². The standard InChI is InChI=1S/C16H12N6O/c23-16-13-15(18-14(19-16)12-6-8-17-9-7-12)22(21-20-13)10-11-4-2-1-3-5-11/h1-9H,10H2,(H,18,19,23). The third-order valence-corrected chi connectivity index (χ3v) is 3.50. The number of fused-ring (bicyclic) bond motifs is 1. The van der Waals surface area contributed by atoms with Crippen LogP contribution in [0.4, 0.5) is 0 Å². The molecule has 0 aliphatic rings. The fourth-order valence-corrected chi connectivity index (χ4v) is 2.38. The molecule has 3 aromatic heterocycles. The van der Waals surface area contributed by atoms with Gasteiger partial charge in [-0.2, -0.15) is 0 Å². The average Bonchev–Trinajstić information content (AvgIpc) is 3.00. The summed E-state index contributed by atoms with van der Waals surface area (Å²) in [6, 6.07) is 13.4. The Morgan fingerprint density at radius 2 is 1.83 bits per heavy atom. The molecule has 4 rings (SSSR count). The van der Waals surface area contributed by atoms with Crippen molar-refractivity contribution in [2.45, 2.75) is 6.54 Å². The van der Waals surface area contributed by atoms with Crippen LogP contribution in [0.2, 0.25) is 0 Å². The minimum absolute atomic E-state index is 0.235. The van der Waals surface area contributed by atoms with E-state index in [0.717, 1.165) is 11.1 Å². The van der Waals surface area contributed by atoms with Crippen molar-refractivity contribution in [1.29, 1.82) is 0 Å². The first kappa shape index (κ1) is 13.3. The van der Waals surface area contributed by atoms with Gasteiger partial charge in [0.2, 0.25) is 0 Å². The van der Waals surface area contributed by atoms with Crippen LogP contribution in [0.5, 0.6) is 0 Å². The fourth-order valence-electron chi connectivity index (χ4n) is 2.38. The molecule has 0 spiro atoms. The Hall–Kier alpha value is -3.35. The molecule has 0 aliphatic heterocycles. The molecule has 0 amide bonds. The second kappa shape index (κ2) is 5.45. The van der Waals surface area contributed by atoms with E-state index in [-0.39, 0.29) is 11.1 Å². The molecule has 112 valence electrons. The van der Waals surface area contributed by atoms with Crippen LogP contribution in [0.25, 0.3) is 22.6 Å². The van der Waals surface area contributed by atoms with Crippen molar-refractivity contribution in [2.24, 2.45) is 0 Å². The highest BCUT2D eigenvalue weighted by Crippen LogP contribution is 2.14. The monoisotopic (exact) mass is 304 g/mol. The molecule has 1 N–H and O–H groups in total. The molecule has 23 heavy (non-hydrogen) atoms. The molecular formula is C16H12N6O. The maximum Gasteiger partial charge on any atom is 0.281 e. The molecule has 1 aromatic carbocycles. The molecule has 3 heterocycles. The minimum atomic E-state index is -0.305. The maximum atomic E-state index is 12.2. The molecule has 0 radical (unpaired) electrons. The summed E-state index contributed by atoms with van der Waals surface area (Å²) < 4.78 is 1.63. The van der Waals surface area contributed by atoms with Gasteiger partial charge in [0.05, 0.1) is 6.54 Å². The number of aromatic nitrogens is 6. The Morgan fingerprint density at radius 3 is 2.61 bits per heavy atom. The number of hydrogen-bond acceptors (Lipinski definition) is 5. The van der Waals surface area contributed by atoms with Crippen LogP contribution in [0.3, 0.4) is 0 Å². The van der Waals surface area contributed by atoms with Crippen LogP contribution < -0.4 is 5.56 Å². The van der Waals surface area contributed by atoms with Gasteiger partial charge in [0.25, 0.3) is 5.56 Å². The topological polar surface area (TPSA) is 89.3 Å². The van der Waals surface area contributed by atoms with Gasteiger partial charge in [-0.05, 0) is 17.7 Å². The minimum Gasteiger partial charge on any atom is -0.304 e. The number of H-pyrrole nitrogens is 1. The molecule has 7 nitrogen and oxygen atoms in total. The van der Waals surface area contributed by atoms with Crippen molar-refractivity contribution in [3.8, 4) is 11.4 Å². The van der Waals surface area contributed by atoms with Crippen LogP contribution in [0, 0.1) is 0 Å². The summed E-state index contributed by atoms with van der Waals surface area (Å²) in [7, 11) is 0. The molecule has 0 fully saturated rings. The number of nitrogens with one attached hydrogen (secondary N) is 1. The summed E-state index contributed by atoms with van der Waals surface area (Å²) in [5.41, 5.74) is 2.24. The largest absolute Gasteiger partial charge is 0.304 e. The van der Waals surface area contributed by atoms with E-state index in [0.29, 0.717) is 18.0 Å². The molecule has 4 aromatic rings. The Labute approximate surface area is 130 Å². The lowest BCUT2D eigenvalue weighted by Crippen LogP contribution is -2.11. The third-order valence-electron chi connectivity index (χ3n) is 3.50. The SMILES string of the molecule is O=c1[nH]c(-c2ccncc2)nc2c1nnn2Cc1ccccc1. The summed E-state index contributed by atoms with van der Waals surface area (Å²) in [5.74, 6) is 0.474. The lowest BCUT2D eigenvalue weighted by Gasteiger charge is -2.03. The predicted octanol–water partition coefficient (Wildman–Crippen LogP) is 1.62. The van der Waals surface area contributed by atoms with Crippen LogP contribution in [0.15, 0.2) is 59.7 Å². The molecule has 0 saturated carbocycles. The summed E-state index contributed by atoms with van der Waals surface area (Å²) in [4.78, 5) is 23.4. The zero-order valence-corrected chi connectivity index (χ0v) is 12.0. The van der Waals surface area contributed by atoms with Gasteiger partial charge in [0.1, 0.15) is 5.82 Å². The lowest BCUT2D eigenvalue weighted by atomic mass is 10.2. The zero-order valence-electron chi connectivity index (χ0n) is 12.0. The van der Waals surface area contributed by atoms with Crippen molar-refractivity contribution in [2.75, 3.05) is 0 Å². The summed E-state index contributed by atoms with van der Waals surface area (Å²) in [6.45, 7) is 0.504. The summed E-state index contributed by atoms with van der Waals surface area (Å²) in [5, 5.41) is 8.00. The van der Waals surface area contributed by atoms with Crippen LogP contribution in [0.1, 0.15) is 5.56 Å². The Kier molecular flexibility index (Phi) is 3.16. The van der Waals surface area contributed by atoms with Gasteiger partial charge in [-0.25, -0.2) is 9.67 Å². The quantitative estimate of drug-likeness (QED) is 0.621. The van der Waals surface area contributed by atoms with Gasteiger partial charge < -0.3 is 4.98 Å². The molecule has 7 heteroatoms. The normalized spacial score (nSPS) is 11.0. The zero-order chi connectivity index (χ0) is 15.6. The molecule has 0 unspecified atom stereocenters. The van der Waals surface area contributed by atoms with Gasteiger partial charge in [0, 0.05) is 18.0 Å². The highest BCUT2D eigenvalue weighted by Gasteiger charge is 2.13. The number of nitrogens with zero attached hydrogens (tertiary/aromatic N) is 5. The van der Waals surface area contributed by atoms with Crippen molar-refractivity contribution in [1.82, 2.24) is 29.9 Å². The number of rotatable bonds is 3. The summed E-state index contributed by atoms with van der Waals surface area (Å²) in [6.07, 6.45) is 3.30. The van der Waals surface area contributed by atoms with E-state index in [4.69, 9.17) is 0 Å². The molecular weight excluding hydrogens is 292 g/mol. The van der Waals surface area contributed by atoms with Crippen LogP contribution >= 0.6 is 0 Å². The van der Waals surface area contributed by atoms with E-state index >= 15 is 0 Å². The number of pyridine rings is 1. The second-order valence-electron chi connectivity index (χ2n) is 5.06. The van der Waals surface area contributed by atoms with Crippen molar-refractivity contribution < 1.29 is 0 Å². The molecule has 0 saturated heterocycles. The molecule has 0 aliphatic carbocycles. The maximum absolute atomic E-state index is 12.2. The number of hydrogen-bond donors (Lipinski definition) is 1. The van der Waals surface area contributed by atoms with Crippen molar-refractivity contribution in [3.63, 3.8) is 0 Å². The van der Waals surface area contributed by atoms with E-state index < -0.39 is 0 Å². The number of benzene rings is 1. The van der Waals surface area contributed by atoms with Gasteiger partial charge in [0.15, 0.2) is 11.2 Å². The number of aromatic amines is 1. The first-order valence-corrected chi connectivity index (χ1v) is 7.09. The fraction of sp³-hybridized carbons (Fsp3) is 0.0625. The Bertz CT molecular complexity index is 1010. The first-order chi connectivity index (χ1) is 11.3. The van der Waals surface area contributed by atoms with Crippen molar-refractivity contribution in [3.05, 3.63) is 70.8 Å². The Balaban J connectivity index is 1.84. The van der Waals surface area contributed by atoms with E-state index in [9.17, 15) is 4.79 Å². The van der Waals surface area contributed by atoms with E-state index in [1.54, 1.807) is 29.2 Å². The average molecular weight is 304 g/mol. The van der Waals surface area contributed by atoms with Gasteiger partial charge >= 0.3 is 0 Å². The van der Waals surface area contributed by atoms with E-state index in [2.05, 4.69) is 25.3 Å². The highest BCUT2D eigenvalue weighted by molar-refractivity contribution is 5.71. The Morgan fingerprint density at radius 1 is 1.04 bits per heavy atom. The molecule has 0 bridgehead atoms.